The molecule has 0 unspecified atom stereocenters. The normalized spacial score (nSPS) is 22.1. The number of rotatable bonds is 10. The smallest absolute Gasteiger partial charge is 0.191 e. The lowest BCUT2D eigenvalue weighted by Crippen LogP contribution is -2.24. The molecular formula is C26H29ClFN3O2S. The Labute approximate surface area is 209 Å². The zero-order chi connectivity index (χ0) is 23.5. The second-order valence-electron chi connectivity index (χ2n) is 9.22. The number of thioether (sulfide) groups is 1. The van der Waals surface area contributed by atoms with E-state index in [1.54, 1.807) is 30.0 Å². The number of halogens is 2. The Kier molecular flexibility index (Phi) is 7.30. The topological polar surface area (TPSA) is 49.2 Å². The highest BCUT2D eigenvalue weighted by molar-refractivity contribution is 7.99. The van der Waals surface area contributed by atoms with Gasteiger partial charge in [0.2, 0.25) is 0 Å². The molecule has 0 spiro atoms. The van der Waals surface area contributed by atoms with Crippen LogP contribution in [0.15, 0.2) is 53.7 Å². The Morgan fingerprint density at radius 3 is 2.76 bits per heavy atom. The lowest BCUT2D eigenvalue weighted by Gasteiger charge is -2.30. The number of hydrogen-bond acceptors (Lipinski definition) is 5. The summed E-state index contributed by atoms with van der Waals surface area (Å²) in [6.45, 7) is 2.98. The summed E-state index contributed by atoms with van der Waals surface area (Å²) in [5, 5.41) is 10.5. The van der Waals surface area contributed by atoms with Gasteiger partial charge in [0.05, 0.1) is 6.61 Å². The fourth-order valence-electron chi connectivity index (χ4n) is 5.54. The third kappa shape index (κ3) is 5.20. The highest BCUT2D eigenvalue weighted by Crippen LogP contribution is 2.52. The molecule has 180 valence electrons. The van der Waals surface area contributed by atoms with Crippen LogP contribution in [0.5, 0.6) is 11.5 Å². The molecule has 3 aromatic rings. The Bertz CT molecular complexity index is 1130. The first kappa shape index (κ1) is 23.5. The molecule has 0 N–H and O–H groups in total. The minimum atomic E-state index is -0.373. The van der Waals surface area contributed by atoms with Gasteiger partial charge in [-0.25, -0.2) is 4.39 Å². The van der Waals surface area contributed by atoms with Crippen molar-refractivity contribution in [2.75, 3.05) is 12.4 Å². The zero-order valence-electron chi connectivity index (χ0n) is 19.2. The molecule has 0 aliphatic heterocycles. The average molecular weight is 502 g/mol. The standard InChI is InChI=1S/C26H29ClFN3O2S/c1-17(22-14-18-9-10-19(22)13-18)31-25(16-33-24-8-3-2-7-23(24)28)29-30-26(31)34-12-11-32-21-6-4-5-20(27)15-21/h2-8,15,17-19,22H,9-14,16H2,1H3/t17-,18+,19+,22-/m0/s1. The summed E-state index contributed by atoms with van der Waals surface area (Å²) in [7, 11) is 0. The van der Waals surface area contributed by atoms with Crippen LogP contribution >= 0.6 is 23.4 Å². The van der Waals surface area contributed by atoms with E-state index in [9.17, 15) is 4.39 Å². The van der Waals surface area contributed by atoms with Crippen molar-refractivity contribution in [3.05, 3.63) is 65.2 Å². The van der Waals surface area contributed by atoms with Gasteiger partial charge in [0.15, 0.2) is 22.5 Å². The van der Waals surface area contributed by atoms with E-state index in [2.05, 4.69) is 21.7 Å². The Balaban J connectivity index is 1.29. The quantitative estimate of drug-likeness (QED) is 0.225. The summed E-state index contributed by atoms with van der Waals surface area (Å²) < 4.78 is 27.9. The Hall–Kier alpha value is -2.25. The van der Waals surface area contributed by atoms with Crippen LogP contribution in [-0.2, 0) is 6.61 Å². The molecule has 2 saturated carbocycles. The van der Waals surface area contributed by atoms with Gasteiger partial charge in [0.25, 0.3) is 0 Å². The first-order valence-corrected chi connectivity index (χ1v) is 13.3. The molecule has 2 aliphatic rings. The molecule has 2 aromatic carbocycles. The zero-order valence-corrected chi connectivity index (χ0v) is 20.8. The van der Waals surface area contributed by atoms with Crippen LogP contribution in [-0.4, -0.2) is 27.1 Å². The number of benzene rings is 2. The highest BCUT2D eigenvalue weighted by Gasteiger charge is 2.43. The maximum atomic E-state index is 14.1. The van der Waals surface area contributed by atoms with Crippen LogP contribution in [0.25, 0.3) is 0 Å². The van der Waals surface area contributed by atoms with E-state index in [0.717, 1.165) is 34.3 Å². The van der Waals surface area contributed by atoms with Gasteiger partial charge in [0, 0.05) is 16.8 Å². The average Bonchev–Trinajstić information content (AvgIpc) is 3.57. The van der Waals surface area contributed by atoms with Crippen LogP contribution in [0.3, 0.4) is 0 Å². The van der Waals surface area contributed by atoms with Crippen LogP contribution in [0.1, 0.15) is 44.5 Å². The van der Waals surface area contributed by atoms with E-state index in [1.165, 1.54) is 31.7 Å². The molecule has 1 heterocycles. The Morgan fingerprint density at radius 1 is 1.12 bits per heavy atom. The van der Waals surface area contributed by atoms with Gasteiger partial charge in [-0.3, -0.25) is 4.57 Å². The highest BCUT2D eigenvalue weighted by atomic mass is 35.5. The van der Waals surface area contributed by atoms with Crippen molar-refractivity contribution in [3.63, 3.8) is 0 Å². The van der Waals surface area contributed by atoms with Crippen molar-refractivity contribution in [2.45, 2.75) is 50.4 Å². The molecule has 2 bridgehead atoms. The molecule has 5 nitrogen and oxygen atoms in total. The fourth-order valence-corrected chi connectivity index (χ4v) is 6.58. The molecule has 2 fully saturated rings. The molecule has 0 radical (unpaired) electrons. The lowest BCUT2D eigenvalue weighted by atomic mass is 9.84. The van der Waals surface area contributed by atoms with Crippen molar-refractivity contribution < 1.29 is 13.9 Å². The minimum absolute atomic E-state index is 0.179. The van der Waals surface area contributed by atoms with Crippen molar-refractivity contribution in [3.8, 4) is 11.5 Å². The third-order valence-electron chi connectivity index (χ3n) is 7.13. The van der Waals surface area contributed by atoms with Crippen LogP contribution in [0.2, 0.25) is 5.02 Å². The monoisotopic (exact) mass is 501 g/mol. The van der Waals surface area contributed by atoms with E-state index < -0.39 is 0 Å². The maximum absolute atomic E-state index is 14.1. The molecule has 8 heteroatoms. The van der Waals surface area contributed by atoms with Gasteiger partial charge >= 0.3 is 0 Å². The van der Waals surface area contributed by atoms with Crippen LogP contribution in [0.4, 0.5) is 4.39 Å². The molecule has 0 amide bonds. The predicted octanol–water partition coefficient (Wildman–Crippen LogP) is 6.82. The van der Waals surface area contributed by atoms with E-state index in [-0.39, 0.29) is 24.2 Å². The molecule has 5 rings (SSSR count). The molecule has 2 aliphatic carbocycles. The summed E-state index contributed by atoms with van der Waals surface area (Å²) in [5.41, 5.74) is 0. The fraction of sp³-hybridized carbons (Fsp3) is 0.462. The van der Waals surface area contributed by atoms with Gasteiger partial charge in [0.1, 0.15) is 12.4 Å². The maximum Gasteiger partial charge on any atom is 0.191 e. The number of fused-ring (bicyclic) bond motifs is 2. The van der Waals surface area contributed by atoms with E-state index in [1.807, 2.05) is 24.3 Å². The summed E-state index contributed by atoms with van der Waals surface area (Å²) in [6.07, 6.45) is 5.29. The number of ether oxygens (including phenoxy) is 2. The summed E-state index contributed by atoms with van der Waals surface area (Å²) in [6, 6.07) is 14.1. The third-order valence-corrected chi connectivity index (χ3v) is 8.27. The number of aromatic nitrogens is 3. The molecule has 1 aromatic heterocycles. The van der Waals surface area contributed by atoms with Crippen molar-refractivity contribution >= 4 is 23.4 Å². The van der Waals surface area contributed by atoms with Gasteiger partial charge < -0.3 is 9.47 Å². The first-order chi connectivity index (χ1) is 16.6. The molecule has 4 atom stereocenters. The van der Waals surface area contributed by atoms with Crippen LogP contribution in [0, 0.1) is 23.6 Å². The number of para-hydroxylation sites is 1. The van der Waals surface area contributed by atoms with E-state index in [4.69, 9.17) is 21.1 Å². The first-order valence-electron chi connectivity index (χ1n) is 11.9. The number of hydrogen-bond donors (Lipinski definition) is 0. The number of nitrogens with zero attached hydrogens (tertiary/aromatic N) is 3. The van der Waals surface area contributed by atoms with E-state index >= 15 is 0 Å². The molecular weight excluding hydrogens is 473 g/mol. The van der Waals surface area contributed by atoms with Gasteiger partial charge in [-0.2, -0.15) is 0 Å². The van der Waals surface area contributed by atoms with Gasteiger partial charge in [-0.1, -0.05) is 48.0 Å². The van der Waals surface area contributed by atoms with Gasteiger partial charge in [-0.15, -0.1) is 10.2 Å². The van der Waals surface area contributed by atoms with Crippen LogP contribution < -0.4 is 9.47 Å². The summed E-state index contributed by atoms with van der Waals surface area (Å²) in [5.74, 6) is 4.31. The summed E-state index contributed by atoms with van der Waals surface area (Å²) in [4.78, 5) is 0. The van der Waals surface area contributed by atoms with Crippen molar-refractivity contribution in [1.29, 1.82) is 0 Å². The van der Waals surface area contributed by atoms with Crippen molar-refractivity contribution in [1.82, 2.24) is 14.8 Å². The largest absolute Gasteiger partial charge is 0.493 e. The molecule has 34 heavy (non-hydrogen) atoms. The van der Waals surface area contributed by atoms with E-state index in [0.29, 0.717) is 17.5 Å². The second-order valence-corrected chi connectivity index (χ2v) is 10.7. The van der Waals surface area contributed by atoms with Gasteiger partial charge in [-0.05, 0) is 74.3 Å². The second kappa shape index (κ2) is 10.6. The SMILES string of the molecule is C[C@@H]([C@@H]1C[C@@H]2CC[C@@H]1C2)n1c(COc2ccccc2F)nnc1SCCOc1cccc(Cl)c1. The predicted molar refractivity (Wildman–Crippen MR) is 132 cm³/mol. The lowest BCUT2D eigenvalue weighted by molar-refractivity contribution is 0.215. The van der Waals surface area contributed by atoms with Crippen molar-refractivity contribution in [2.24, 2.45) is 17.8 Å². The molecule has 0 saturated heterocycles. The minimum Gasteiger partial charge on any atom is -0.493 e. The summed E-state index contributed by atoms with van der Waals surface area (Å²) >= 11 is 7.67. The Morgan fingerprint density at radius 2 is 2.00 bits per heavy atom.